The van der Waals surface area contributed by atoms with Crippen molar-refractivity contribution in [3.05, 3.63) is 29.3 Å². The quantitative estimate of drug-likeness (QED) is 0.801. The van der Waals surface area contributed by atoms with Crippen molar-refractivity contribution >= 4 is 11.5 Å². The first-order valence-corrected chi connectivity index (χ1v) is 6.37. The van der Waals surface area contributed by atoms with E-state index < -0.39 is 0 Å². The summed E-state index contributed by atoms with van der Waals surface area (Å²) in [4.78, 5) is 13.5. The van der Waals surface area contributed by atoms with Gasteiger partial charge in [0.25, 0.3) is 0 Å². The number of carbonyl (C=O) groups excluding carboxylic acids is 1. The summed E-state index contributed by atoms with van der Waals surface area (Å²) < 4.78 is 0. The van der Waals surface area contributed by atoms with Gasteiger partial charge in [-0.15, -0.1) is 0 Å². The van der Waals surface area contributed by atoms with Gasteiger partial charge in [-0.1, -0.05) is 0 Å². The van der Waals surface area contributed by atoms with Gasteiger partial charge < -0.3 is 4.90 Å². The third kappa shape index (κ3) is 2.53. The zero-order valence-corrected chi connectivity index (χ0v) is 10.9. The minimum Gasteiger partial charge on any atom is -0.372 e. The van der Waals surface area contributed by atoms with Gasteiger partial charge in [-0.25, -0.2) is 0 Å². The molecule has 0 aliphatic heterocycles. The van der Waals surface area contributed by atoms with Crippen LogP contribution in [0.5, 0.6) is 0 Å². The van der Waals surface area contributed by atoms with Crippen LogP contribution in [0, 0.1) is 18.3 Å². The van der Waals surface area contributed by atoms with Crippen LogP contribution in [0.1, 0.15) is 36.8 Å². The van der Waals surface area contributed by atoms with Crippen LogP contribution >= 0.6 is 0 Å². The molecule has 94 valence electrons. The fourth-order valence-electron chi connectivity index (χ4n) is 2.52. The molecule has 1 aromatic carbocycles. The van der Waals surface area contributed by atoms with Crippen molar-refractivity contribution in [3.63, 3.8) is 0 Å². The Labute approximate surface area is 108 Å². The normalized spacial score (nSPS) is 16.4. The van der Waals surface area contributed by atoms with Gasteiger partial charge in [0.15, 0.2) is 0 Å². The van der Waals surface area contributed by atoms with E-state index in [1.165, 1.54) is 0 Å². The lowest BCUT2D eigenvalue weighted by Crippen LogP contribution is -2.35. The average molecular weight is 242 g/mol. The third-order valence-corrected chi connectivity index (χ3v) is 3.80. The lowest BCUT2D eigenvalue weighted by molar-refractivity contribution is -0.120. The largest absolute Gasteiger partial charge is 0.372 e. The van der Waals surface area contributed by atoms with Crippen molar-refractivity contribution in [1.82, 2.24) is 0 Å². The van der Waals surface area contributed by atoms with Crippen LogP contribution in [0.15, 0.2) is 18.2 Å². The maximum Gasteiger partial charge on any atom is 0.133 e. The standard InChI is InChI=1S/C15H18N2O/c1-11-9-14(4-3-12(11)10-16)17(2)13-5-7-15(18)8-6-13/h3-4,9,13H,5-8H2,1-2H3. The molecule has 0 bridgehead atoms. The lowest BCUT2D eigenvalue weighted by atomic mass is 9.93. The highest BCUT2D eigenvalue weighted by atomic mass is 16.1. The SMILES string of the molecule is Cc1cc(N(C)C2CCC(=O)CC2)ccc1C#N. The highest BCUT2D eigenvalue weighted by Crippen LogP contribution is 2.26. The first-order chi connectivity index (χ1) is 8.61. The van der Waals surface area contributed by atoms with E-state index in [9.17, 15) is 4.79 Å². The Morgan fingerprint density at radius 3 is 2.56 bits per heavy atom. The molecule has 3 nitrogen and oxygen atoms in total. The zero-order valence-electron chi connectivity index (χ0n) is 10.9. The smallest absolute Gasteiger partial charge is 0.133 e. The minimum atomic E-state index is 0.385. The Balaban J connectivity index is 2.14. The van der Waals surface area contributed by atoms with Crippen molar-refractivity contribution in [3.8, 4) is 6.07 Å². The van der Waals surface area contributed by atoms with Gasteiger partial charge in [-0.2, -0.15) is 5.26 Å². The molecule has 0 spiro atoms. The fourth-order valence-corrected chi connectivity index (χ4v) is 2.52. The Morgan fingerprint density at radius 1 is 1.33 bits per heavy atom. The molecule has 0 unspecified atom stereocenters. The van der Waals surface area contributed by atoms with Gasteiger partial charge >= 0.3 is 0 Å². The van der Waals surface area contributed by atoms with Crippen molar-refractivity contribution in [2.24, 2.45) is 0 Å². The molecule has 1 aliphatic carbocycles. The number of carbonyl (C=O) groups is 1. The molecule has 18 heavy (non-hydrogen) atoms. The van der Waals surface area contributed by atoms with Crippen LogP contribution in [-0.2, 0) is 4.79 Å². The number of rotatable bonds is 2. The molecule has 0 saturated heterocycles. The second-order valence-electron chi connectivity index (χ2n) is 4.99. The number of hydrogen-bond acceptors (Lipinski definition) is 3. The van der Waals surface area contributed by atoms with Crippen LogP contribution in [0.4, 0.5) is 5.69 Å². The molecule has 0 radical (unpaired) electrons. The molecule has 0 N–H and O–H groups in total. The van der Waals surface area contributed by atoms with Crippen molar-refractivity contribution in [2.75, 3.05) is 11.9 Å². The summed E-state index contributed by atoms with van der Waals surface area (Å²) >= 11 is 0. The van der Waals surface area contributed by atoms with Crippen LogP contribution in [0.3, 0.4) is 0 Å². The molecular formula is C15H18N2O. The molecule has 1 aromatic rings. The van der Waals surface area contributed by atoms with E-state index in [4.69, 9.17) is 5.26 Å². The van der Waals surface area contributed by atoms with Crippen molar-refractivity contribution in [1.29, 1.82) is 5.26 Å². The van der Waals surface area contributed by atoms with Crippen LogP contribution < -0.4 is 4.90 Å². The summed E-state index contributed by atoms with van der Waals surface area (Å²) in [5.74, 6) is 0.385. The van der Waals surface area contributed by atoms with Crippen molar-refractivity contribution < 1.29 is 4.79 Å². The fraction of sp³-hybridized carbons (Fsp3) is 0.467. The maximum absolute atomic E-state index is 11.3. The van der Waals surface area contributed by atoms with Gasteiger partial charge in [0.1, 0.15) is 5.78 Å². The summed E-state index contributed by atoms with van der Waals surface area (Å²) in [5, 5.41) is 8.92. The number of ketones is 1. The molecular weight excluding hydrogens is 224 g/mol. The highest BCUT2D eigenvalue weighted by Gasteiger charge is 2.22. The Hall–Kier alpha value is -1.82. The van der Waals surface area contributed by atoms with Crippen molar-refractivity contribution in [2.45, 2.75) is 38.6 Å². The van der Waals surface area contributed by atoms with Crippen LogP contribution in [0.2, 0.25) is 0 Å². The van der Waals surface area contributed by atoms with E-state index in [0.717, 1.165) is 29.7 Å². The number of nitriles is 1. The van der Waals surface area contributed by atoms with E-state index in [1.807, 2.05) is 19.1 Å². The molecule has 1 saturated carbocycles. The summed E-state index contributed by atoms with van der Waals surface area (Å²) in [7, 11) is 2.07. The molecule has 1 aliphatic rings. The molecule has 0 amide bonds. The second kappa shape index (κ2) is 5.22. The summed E-state index contributed by atoms with van der Waals surface area (Å²) in [6.07, 6.45) is 3.28. The van der Waals surface area contributed by atoms with Crippen LogP contribution in [-0.4, -0.2) is 18.9 Å². The lowest BCUT2D eigenvalue weighted by Gasteiger charge is -2.32. The minimum absolute atomic E-state index is 0.385. The molecule has 1 fully saturated rings. The van der Waals surface area contributed by atoms with E-state index in [-0.39, 0.29) is 0 Å². The van der Waals surface area contributed by atoms with Gasteiger partial charge in [0, 0.05) is 31.6 Å². The first-order valence-electron chi connectivity index (χ1n) is 6.37. The predicted molar refractivity (Wildman–Crippen MR) is 71.6 cm³/mol. The van der Waals surface area contributed by atoms with E-state index in [2.05, 4.69) is 24.1 Å². The number of aryl methyl sites for hydroxylation is 1. The highest BCUT2D eigenvalue weighted by molar-refractivity contribution is 5.79. The van der Waals surface area contributed by atoms with Gasteiger partial charge in [0.05, 0.1) is 11.6 Å². The number of anilines is 1. The predicted octanol–water partition coefficient (Wildman–Crippen LogP) is 2.81. The monoisotopic (exact) mass is 242 g/mol. The second-order valence-corrected chi connectivity index (χ2v) is 4.99. The number of hydrogen-bond donors (Lipinski definition) is 0. The molecule has 0 atom stereocenters. The van der Waals surface area contributed by atoms with Gasteiger partial charge in [0.2, 0.25) is 0 Å². The third-order valence-electron chi connectivity index (χ3n) is 3.80. The maximum atomic E-state index is 11.3. The molecule has 0 aromatic heterocycles. The molecule has 2 rings (SSSR count). The van der Waals surface area contributed by atoms with E-state index in [1.54, 1.807) is 0 Å². The Bertz CT molecular complexity index is 492. The Morgan fingerprint density at radius 2 is 2.00 bits per heavy atom. The molecule has 3 heteroatoms. The number of benzene rings is 1. The summed E-state index contributed by atoms with van der Waals surface area (Å²) in [5.41, 5.74) is 2.87. The van der Waals surface area contributed by atoms with Gasteiger partial charge in [-0.05, 0) is 43.5 Å². The average Bonchev–Trinajstić information content (AvgIpc) is 2.38. The van der Waals surface area contributed by atoms with E-state index >= 15 is 0 Å². The first kappa shape index (κ1) is 12.6. The van der Waals surface area contributed by atoms with Gasteiger partial charge in [-0.3, -0.25) is 4.79 Å². The zero-order chi connectivity index (χ0) is 13.1. The number of nitrogens with zero attached hydrogens (tertiary/aromatic N) is 2. The summed E-state index contributed by atoms with van der Waals surface area (Å²) in [6.45, 7) is 1.96. The summed E-state index contributed by atoms with van der Waals surface area (Å²) in [6, 6.07) is 8.53. The number of Topliss-reactive ketones (excluding diaryl/α,β-unsaturated/α-hetero) is 1. The molecule has 0 heterocycles. The topological polar surface area (TPSA) is 44.1 Å². The Kier molecular flexibility index (Phi) is 3.66. The van der Waals surface area contributed by atoms with E-state index in [0.29, 0.717) is 24.7 Å². The van der Waals surface area contributed by atoms with Crippen LogP contribution in [0.25, 0.3) is 0 Å².